The number of hydrogen-bond donors (Lipinski definition) is 2. The van der Waals surface area contributed by atoms with Gasteiger partial charge in [-0.25, -0.2) is 0 Å². The van der Waals surface area contributed by atoms with E-state index in [9.17, 15) is 9.90 Å². The number of hydrogen-bond acceptors (Lipinski definition) is 4. The monoisotopic (exact) mass is 294 g/mol. The van der Waals surface area contributed by atoms with Crippen LogP contribution in [0.5, 0.6) is 0 Å². The molecule has 1 heterocycles. The van der Waals surface area contributed by atoms with Gasteiger partial charge >= 0.3 is 0 Å². The van der Waals surface area contributed by atoms with Crippen molar-refractivity contribution in [2.24, 2.45) is 5.73 Å². The van der Waals surface area contributed by atoms with Crippen LogP contribution in [-0.2, 0) is 4.74 Å². The number of ether oxygens (including phenoxy) is 1. The van der Waals surface area contributed by atoms with Gasteiger partial charge < -0.3 is 20.5 Å². The summed E-state index contributed by atoms with van der Waals surface area (Å²) in [4.78, 5) is 14.4. The van der Waals surface area contributed by atoms with Crippen LogP contribution in [0, 0.1) is 0 Å². The number of amides is 1. The molecule has 6 heteroatoms. The Bertz CT molecular complexity index is 521. The lowest BCUT2D eigenvalue weighted by Gasteiger charge is -2.36. The van der Waals surface area contributed by atoms with Crippen molar-refractivity contribution in [2.75, 3.05) is 19.7 Å². The van der Waals surface area contributed by atoms with E-state index in [2.05, 4.69) is 0 Å². The van der Waals surface area contributed by atoms with E-state index in [0.717, 1.165) is 0 Å². The quantitative estimate of drug-likeness (QED) is 0.796. The van der Waals surface area contributed by atoms with E-state index in [4.69, 9.17) is 22.7 Å². The lowest BCUT2D eigenvalue weighted by Crippen LogP contribution is -2.50. The molecule has 1 aliphatic rings. The van der Waals surface area contributed by atoms with Gasteiger partial charge in [-0.3, -0.25) is 4.79 Å². The van der Waals surface area contributed by atoms with Gasteiger partial charge in [0.15, 0.2) is 0 Å². The van der Waals surface area contributed by atoms with Gasteiger partial charge in [-0.1, -0.05) is 24.4 Å². The Morgan fingerprint density at radius 1 is 1.50 bits per heavy atom. The number of aliphatic hydroxyl groups is 1. The van der Waals surface area contributed by atoms with Gasteiger partial charge in [0.2, 0.25) is 0 Å². The molecule has 1 aromatic rings. The second-order valence-electron chi connectivity index (χ2n) is 4.91. The summed E-state index contributed by atoms with van der Waals surface area (Å²) >= 11 is 4.92. The van der Waals surface area contributed by atoms with Crippen LogP contribution >= 0.6 is 12.2 Å². The molecule has 20 heavy (non-hydrogen) atoms. The Labute approximate surface area is 123 Å². The van der Waals surface area contributed by atoms with Crippen molar-refractivity contribution in [3.8, 4) is 0 Å². The fraction of sp³-hybridized carbons (Fsp3) is 0.429. The second-order valence-corrected chi connectivity index (χ2v) is 5.35. The zero-order valence-corrected chi connectivity index (χ0v) is 12.1. The predicted molar refractivity (Wildman–Crippen MR) is 79.7 cm³/mol. The Balaban J connectivity index is 2.18. The largest absolute Gasteiger partial charge is 0.394 e. The summed E-state index contributed by atoms with van der Waals surface area (Å²) in [7, 11) is 0. The highest BCUT2D eigenvalue weighted by Gasteiger charge is 2.28. The predicted octanol–water partition coefficient (Wildman–Crippen LogP) is 0.543. The summed E-state index contributed by atoms with van der Waals surface area (Å²) in [5.41, 5.74) is 6.80. The van der Waals surface area contributed by atoms with E-state index in [-0.39, 0.29) is 29.7 Å². The molecule has 2 rings (SSSR count). The number of aliphatic hydroxyl groups excluding tert-OH is 1. The van der Waals surface area contributed by atoms with Crippen molar-refractivity contribution in [3.05, 3.63) is 35.4 Å². The summed E-state index contributed by atoms with van der Waals surface area (Å²) in [5, 5.41) is 9.20. The number of morpholine rings is 1. The molecule has 3 N–H and O–H groups in total. The third-order valence-corrected chi connectivity index (χ3v) is 3.45. The van der Waals surface area contributed by atoms with Crippen LogP contribution < -0.4 is 5.73 Å². The molecule has 0 radical (unpaired) electrons. The minimum atomic E-state index is -0.332. The standard InChI is InChI=1S/C14H18N2O3S/c1-9-6-16(7-12(8-17)19-9)14(18)11-4-2-3-10(5-11)13(15)20/h2-5,9,12,17H,6-8H2,1H3,(H2,15,20). The van der Waals surface area contributed by atoms with E-state index in [1.807, 2.05) is 6.92 Å². The molecule has 5 nitrogen and oxygen atoms in total. The molecule has 2 unspecified atom stereocenters. The highest BCUT2D eigenvalue weighted by atomic mass is 32.1. The zero-order valence-electron chi connectivity index (χ0n) is 11.3. The normalized spacial score (nSPS) is 22.6. The van der Waals surface area contributed by atoms with Crippen molar-refractivity contribution < 1.29 is 14.6 Å². The van der Waals surface area contributed by atoms with Crippen LogP contribution in [0.2, 0.25) is 0 Å². The SMILES string of the molecule is CC1CN(C(=O)c2cccc(C(N)=S)c2)CC(CO)O1. The summed E-state index contributed by atoms with van der Waals surface area (Å²) < 4.78 is 5.53. The Hall–Kier alpha value is -1.50. The molecular formula is C14H18N2O3S. The van der Waals surface area contributed by atoms with Gasteiger partial charge in [0, 0.05) is 24.2 Å². The van der Waals surface area contributed by atoms with Gasteiger partial charge in [-0.05, 0) is 19.1 Å². The molecule has 0 bridgehead atoms. The van der Waals surface area contributed by atoms with Crippen molar-refractivity contribution in [3.63, 3.8) is 0 Å². The minimum absolute atomic E-state index is 0.0939. The summed E-state index contributed by atoms with van der Waals surface area (Å²) in [6.07, 6.45) is -0.426. The molecular weight excluding hydrogens is 276 g/mol. The number of carbonyl (C=O) groups is 1. The first-order valence-corrected chi connectivity index (χ1v) is 6.87. The van der Waals surface area contributed by atoms with E-state index in [1.165, 1.54) is 0 Å². The number of thiocarbonyl (C=S) groups is 1. The first-order valence-electron chi connectivity index (χ1n) is 6.46. The number of nitrogens with two attached hydrogens (primary N) is 1. The smallest absolute Gasteiger partial charge is 0.254 e. The topological polar surface area (TPSA) is 75.8 Å². The van der Waals surface area contributed by atoms with Crippen molar-refractivity contribution in [2.45, 2.75) is 19.1 Å². The third kappa shape index (κ3) is 3.33. The van der Waals surface area contributed by atoms with Crippen LogP contribution in [0.4, 0.5) is 0 Å². The zero-order chi connectivity index (χ0) is 14.7. The highest BCUT2D eigenvalue weighted by Crippen LogP contribution is 2.15. The molecule has 1 saturated heterocycles. The molecule has 2 atom stereocenters. The highest BCUT2D eigenvalue weighted by molar-refractivity contribution is 7.80. The van der Waals surface area contributed by atoms with Crippen molar-refractivity contribution in [1.29, 1.82) is 0 Å². The lowest BCUT2D eigenvalue weighted by molar-refractivity contribution is -0.0858. The average Bonchev–Trinajstić information content (AvgIpc) is 2.45. The van der Waals surface area contributed by atoms with Gasteiger partial charge in [-0.2, -0.15) is 0 Å². The average molecular weight is 294 g/mol. The van der Waals surface area contributed by atoms with Crippen LogP contribution in [0.1, 0.15) is 22.8 Å². The maximum Gasteiger partial charge on any atom is 0.254 e. The van der Waals surface area contributed by atoms with Crippen LogP contribution in [-0.4, -0.2) is 52.8 Å². The number of nitrogens with zero attached hydrogens (tertiary/aromatic N) is 1. The second kappa shape index (κ2) is 6.30. The van der Waals surface area contributed by atoms with E-state index < -0.39 is 0 Å². The molecule has 1 aliphatic heterocycles. The lowest BCUT2D eigenvalue weighted by atomic mass is 10.1. The van der Waals surface area contributed by atoms with Crippen LogP contribution in [0.25, 0.3) is 0 Å². The molecule has 1 aromatic carbocycles. The first-order chi connectivity index (χ1) is 9.51. The molecule has 1 amide bonds. The van der Waals surface area contributed by atoms with Crippen molar-refractivity contribution >= 4 is 23.1 Å². The van der Waals surface area contributed by atoms with E-state index in [1.54, 1.807) is 29.2 Å². The van der Waals surface area contributed by atoms with Gasteiger partial charge in [0.25, 0.3) is 5.91 Å². The van der Waals surface area contributed by atoms with Crippen LogP contribution in [0.3, 0.4) is 0 Å². The molecule has 108 valence electrons. The fourth-order valence-electron chi connectivity index (χ4n) is 2.30. The fourth-order valence-corrected chi connectivity index (χ4v) is 2.43. The maximum atomic E-state index is 12.5. The summed E-state index contributed by atoms with van der Waals surface area (Å²) in [5.74, 6) is -0.100. The van der Waals surface area contributed by atoms with E-state index >= 15 is 0 Å². The molecule has 1 fully saturated rings. The third-order valence-electron chi connectivity index (χ3n) is 3.21. The number of rotatable bonds is 3. The van der Waals surface area contributed by atoms with Crippen molar-refractivity contribution in [1.82, 2.24) is 4.90 Å². The Morgan fingerprint density at radius 2 is 2.20 bits per heavy atom. The van der Waals surface area contributed by atoms with Gasteiger partial charge in [-0.15, -0.1) is 0 Å². The van der Waals surface area contributed by atoms with Crippen LogP contribution in [0.15, 0.2) is 24.3 Å². The summed E-state index contributed by atoms with van der Waals surface area (Å²) in [6, 6.07) is 6.96. The summed E-state index contributed by atoms with van der Waals surface area (Å²) in [6.45, 7) is 2.68. The van der Waals surface area contributed by atoms with Gasteiger partial charge in [0.05, 0.1) is 18.8 Å². The number of carbonyl (C=O) groups excluding carboxylic acids is 1. The maximum absolute atomic E-state index is 12.5. The van der Waals surface area contributed by atoms with Gasteiger partial charge in [0.1, 0.15) is 4.99 Å². The first kappa shape index (κ1) is 14.9. The Morgan fingerprint density at radius 3 is 2.85 bits per heavy atom. The molecule has 0 spiro atoms. The molecule has 0 aromatic heterocycles. The molecule has 0 aliphatic carbocycles. The minimum Gasteiger partial charge on any atom is -0.394 e. The molecule has 0 saturated carbocycles. The van der Waals surface area contributed by atoms with E-state index in [0.29, 0.717) is 24.2 Å². The number of benzene rings is 1. The Kier molecular flexibility index (Phi) is 4.69.